The molecule has 1 aliphatic rings. The van der Waals surface area contributed by atoms with Gasteiger partial charge in [0.2, 0.25) is 0 Å². The Bertz CT molecular complexity index is 430. The highest BCUT2D eigenvalue weighted by molar-refractivity contribution is 5.46. The third-order valence-corrected chi connectivity index (χ3v) is 3.21. The second-order valence-electron chi connectivity index (χ2n) is 4.59. The maximum Gasteiger partial charge on any atom is 0.290 e. The van der Waals surface area contributed by atoms with E-state index in [4.69, 9.17) is 0 Å². The van der Waals surface area contributed by atoms with Gasteiger partial charge in [0.25, 0.3) is 5.69 Å². The summed E-state index contributed by atoms with van der Waals surface area (Å²) in [7, 11) is 0. The molecule has 0 radical (unpaired) electrons. The van der Waals surface area contributed by atoms with Crippen LogP contribution in [0.5, 0.6) is 0 Å². The van der Waals surface area contributed by atoms with Crippen molar-refractivity contribution >= 4 is 11.5 Å². The molecule has 6 nitrogen and oxygen atoms in total. The number of rotatable bonds is 5. The van der Waals surface area contributed by atoms with E-state index >= 15 is 0 Å². The number of hydrogen-bond donors (Lipinski definition) is 1. The Morgan fingerprint density at radius 1 is 1.50 bits per heavy atom. The zero-order valence-electron chi connectivity index (χ0n) is 10.6. The first kappa shape index (κ1) is 12.8. The number of pyridine rings is 1. The highest BCUT2D eigenvalue weighted by Gasteiger charge is 2.12. The first-order valence-corrected chi connectivity index (χ1v) is 6.24. The third kappa shape index (κ3) is 3.16. The van der Waals surface area contributed by atoms with Gasteiger partial charge >= 0.3 is 0 Å². The lowest BCUT2D eigenvalue weighted by molar-refractivity contribution is -0.385. The fourth-order valence-electron chi connectivity index (χ4n) is 2.18. The number of anilines is 1. The van der Waals surface area contributed by atoms with Gasteiger partial charge in [-0.1, -0.05) is 0 Å². The Morgan fingerprint density at radius 3 is 2.83 bits per heavy atom. The van der Waals surface area contributed by atoms with E-state index in [9.17, 15) is 10.1 Å². The lowest BCUT2D eigenvalue weighted by atomic mass is 10.2. The molecule has 0 saturated carbocycles. The van der Waals surface area contributed by atoms with Crippen molar-refractivity contribution in [2.45, 2.75) is 19.8 Å². The van der Waals surface area contributed by atoms with Gasteiger partial charge in [0.05, 0.1) is 4.92 Å². The van der Waals surface area contributed by atoms with Crippen LogP contribution < -0.4 is 5.32 Å². The molecule has 1 aliphatic heterocycles. The van der Waals surface area contributed by atoms with Gasteiger partial charge in [-0.2, -0.15) is 0 Å². The van der Waals surface area contributed by atoms with E-state index in [2.05, 4.69) is 15.2 Å². The Labute approximate surface area is 106 Å². The quantitative estimate of drug-likeness (QED) is 0.637. The molecule has 0 unspecified atom stereocenters. The number of aromatic nitrogens is 1. The van der Waals surface area contributed by atoms with Crippen LogP contribution in [0.1, 0.15) is 18.4 Å². The maximum atomic E-state index is 10.7. The molecule has 1 aromatic rings. The van der Waals surface area contributed by atoms with E-state index in [1.165, 1.54) is 32.1 Å². The Balaban J connectivity index is 1.85. The predicted octanol–water partition coefficient (Wildman–Crippen LogP) is 1.81. The van der Waals surface area contributed by atoms with Crippen LogP contribution in [0.25, 0.3) is 0 Å². The average Bonchev–Trinajstić information content (AvgIpc) is 2.81. The van der Waals surface area contributed by atoms with Crippen LogP contribution in [0.4, 0.5) is 11.5 Å². The van der Waals surface area contributed by atoms with Crippen molar-refractivity contribution in [3.05, 3.63) is 27.9 Å². The molecule has 0 amide bonds. The molecule has 1 aromatic heterocycles. The largest absolute Gasteiger partial charge is 0.369 e. The molecule has 0 spiro atoms. The summed E-state index contributed by atoms with van der Waals surface area (Å²) in [5.74, 6) is 0.706. The van der Waals surface area contributed by atoms with Gasteiger partial charge in [0, 0.05) is 18.7 Å². The summed E-state index contributed by atoms with van der Waals surface area (Å²) < 4.78 is 0. The van der Waals surface area contributed by atoms with Gasteiger partial charge in [-0.15, -0.1) is 0 Å². The Hall–Kier alpha value is -1.69. The second kappa shape index (κ2) is 5.77. The van der Waals surface area contributed by atoms with Crippen molar-refractivity contribution in [3.8, 4) is 0 Å². The first-order valence-electron chi connectivity index (χ1n) is 6.24. The number of nitrogens with zero attached hydrogens (tertiary/aromatic N) is 3. The van der Waals surface area contributed by atoms with Crippen molar-refractivity contribution in [3.63, 3.8) is 0 Å². The van der Waals surface area contributed by atoms with Crippen molar-refractivity contribution in [2.24, 2.45) is 0 Å². The summed E-state index contributed by atoms with van der Waals surface area (Å²) >= 11 is 0. The van der Waals surface area contributed by atoms with Crippen LogP contribution in [-0.4, -0.2) is 41.0 Å². The monoisotopic (exact) mass is 250 g/mol. The maximum absolute atomic E-state index is 10.7. The summed E-state index contributed by atoms with van der Waals surface area (Å²) in [4.78, 5) is 16.7. The zero-order valence-corrected chi connectivity index (χ0v) is 10.6. The van der Waals surface area contributed by atoms with Crippen LogP contribution in [0, 0.1) is 17.0 Å². The van der Waals surface area contributed by atoms with Gasteiger partial charge < -0.3 is 10.2 Å². The lowest BCUT2D eigenvalue weighted by Gasteiger charge is -2.15. The highest BCUT2D eigenvalue weighted by atomic mass is 16.6. The van der Waals surface area contributed by atoms with E-state index in [0.717, 1.165) is 13.1 Å². The average molecular weight is 250 g/mol. The van der Waals surface area contributed by atoms with Crippen molar-refractivity contribution in [1.29, 1.82) is 0 Å². The standard InChI is InChI=1S/C12H18N4O2/c1-10-8-12(14-9-11(10)16(17)18)13-4-7-15-5-2-3-6-15/h8-9H,2-7H2,1H3,(H,13,14). The van der Waals surface area contributed by atoms with E-state index < -0.39 is 4.92 Å². The Morgan fingerprint density at radius 2 is 2.22 bits per heavy atom. The molecule has 18 heavy (non-hydrogen) atoms. The van der Waals surface area contributed by atoms with Gasteiger partial charge in [-0.25, -0.2) is 4.98 Å². The minimum Gasteiger partial charge on any atom is -0.369 e. The van der Waals surface area contributed by atoms with Gasteiger partial charge in [-0.3, -0.25) is 10.1 Å². The van der Waals surface area contributed by atoms with E-state index in [0.29, 0.717) is 11.4 Å². The van der Waals surface area contributed by atoms with Gasteiger partial charge in [-0.05, 0) is 38.9 Å². The van der Waals surface area contributed by atoms with Gasteiger partial charge in [0.1, 0.15) is 12.0 Å². The second-order valence-corrected chi connectivity index (χ2v) is 4.59. The summed E-state index contributed by atoms with van der Waals surface area (Å²) in [5.41, 5.74) is 0.707. The number of aryl methyl sites for hydroxylation is 1. The summed E-state index contributed by atoms with van der Waals surface area (Å²) in [5, 5.41) is 13.9. The van der Waals surface area contributed by atoms with Crippen LogP contribution in [0.2, 0.25) is 0 Å². The molecular weight excluding hydrogens is 232 g/mol. The molecule has 1 fully saturated rings. The molecule has 0 aliphatic carbocycles. The molecule has 6 heteroatoms. The SMILES string of the molecule is Cc1cc(NCCN2CCCC2)ncc1[N+](=O)[O-]. The molecular formula is C12H18N4O2. The van der Waals surface area contributed by atoms with Gasteiger partial charge in [0.15, 0.2) is 0 Å². The van der Waals surface area contributed by atoms with Crippen molar-refractivity contribution in [1.82, 2.24) is 9.88 Å². The topological polar surface area (TPSA) is 71.3 Å². The predicted molar refractivity (Wildman–Crippen MR) is 69.8 cm³/mol. The molecule has 1 N–H and O–H groups in total. The molecule has 2 rings (SSSR count). The first-order chi connectivity index (χ1) is 8.66. The van der Waals surface area contributed by atoms with Crippen molar-refractivity contribution in [2.75, 3.05) is 31.5 Å². The molecule has 0 bridgehead atoms. The van der Waals surface area contributed by atoms with Crippen LogP contribution >= 0.6 is 0 Å². The molecule has 98 valence electrons. The number of hydrogen-bond acceptors (Lipinski definition) is 5. The smallest absolute Gasteiger partial charge is 0.290 e. The molecule has 0 aromatic carbocycles. The zero-order chi connectivity index (χ0) is 13.0. The molecule has 1 saturated heterocycles. The van der Waals surface area contributed by atoms with Crippen LogP contribution in [-0.2, 0) is 0 Å². The van der Waals surface area contributed by atoms with Crippen molar-refractivity contribution < 1.29 is 4.92 Å². The fourth-order valence-corrected chi connectivity index (χ4v) is 2.18. The highest BCUT2D eigenvalue weighted by Crippen LogP contribution is 2.18. The molecule has 2 heterocycles. The number of nitro groups is 1. The Kier molecular flexibility index (Phi) is 4.09. The summed E-state index contributed by atoms with van der Waals surface area (Å²) in [6.45, 7) is 5.90. The minimum atomic E-state index is -0.406. The van der Waals surface area contributed by atoms with E-state index in [-0.39, 0.29) is 5.69 Å². The number of nitrogens with one attached hydrogen (secondary N) is 1. The van der Waals surface area contributed by atoms with E-state index in [1.807, 2.05) is 0 Å². The minimum absolute atomic E-state index is 0.0695. The fraction of sp³-hybridized carbons (Fsp3) is 0.583. The van der Waals surface area contributed by atoms with E-state index in [1.54, 1.807) is 13.0 Å². The summed E-state index contributed by atoms with van der Waals surface area (Å²) in [6.07, 6.45) is 3.89. The molecule has 0 atom stereocenters. The lowest BCUT2D eigenvalue weighted by Crippen LogP contribution is -2.26. The van der Waals surface area contributed by atoms with Crippen LogP contribution in [0.15, 0.2) is 12.3 Å². The third-order valence-electron chi connectivity index (χ3n) is 3.21. The van der Waals surface area contributed by atoms with Crippen LogP contribution in [0.3, 0.4) is 0 Å². The number of likely N-dealkylation sites (tertiary alicyclic amines) is 1. The normalized spacial score (nSPS) is 15.8. The summed E-state index contributed by atoms with van der Waals surface area (Å²) in [6, 6.07) is 1.72.